The van der Waals surface area contributed by atoms with Crippen molar-refractivity contribution < 1.29 is 9.13 Å². The van der Waals surface area contributed by atoms with Crippen LogP contribution in [0.1, 0.15) is 25.8 Å². The molecule has 1 rings (SSSR count). The van der Waals surface area contributed by atoms with Gasteiger partial charge in [0.15, 0.2) is 0 Å². The summed E-state index contributed by atoms with van der Waals surface area (Å²) < 4.78 is 18.6. The third-order valence-corrected chi connectivity index (χ3v) is 3.42. The van der Waals surface area contributed by atoms with Crippen molar-refractivity contribution in [3.05, 3.63) is 29.6 Å². The summed E-state index contributed by atoms with van der Waals surface area (Å²) in [5.41, 5.74) is 7.66. The van der Waals surface area contributed by atoms with E-state index >= 15 is 0 Å². The lowest BCUT2D eigenvalue weighted by molar-refractivity contribution is 0.203. The number of ether oxygens (including phenoxy) is 1. The monoisotopic (exact) mass is 268 g/mol. The molecule has 0 saturated carbocycles. The Bertz CT molecular complexity index is 384. The van der Waals surface area contributed by atoms with Gasteiger partial charge in [-0.05, 0) is 50.1 Å². The van der Waals surface area contributed by atoms with Crippen LogP contribution in [0.25, 0.3) is 0 Å². The van der Waals surface area contributed by atoms with Crippen LogP contribution in [-0.2, 0) is 11.2 Å². The fraction of sp³-hybridized carbons (Fsp3) is 0.600. The zero-order chi connectivity index (χ0) is 14.3. The maximum Gasteiger partial charge on any atom is 0.123 e. The molecule has 0 fully saturated rings. The van der Waals surface area contributed by atoms with Crippen molar-refractivity contribution >= 4 is 5.69 Å². The smallest absolute Gasteiger partial charge is 0.123 e. The number of benzene rings is 1. The van der Waals surface area contributed by atoms with Crippen LogP contribution in [0.3, 0.4) is 0 Å². The van der Waals surface area contributed by atoms with E-state index in [1.165, 1.54) is 6.07 Å². The summed E-state index contributed by atoms with van der Waals surface area (Å²) in [5, 5.41) is 0. The first-order valence-electron chi connectivity index (χ1n) is 6.88. The highest BCUT2D eigenvalue weighted by Crippen LogP contribution is 2.25. The largest absolute Gasteiger partial charge is 0.383 e. The standard InChI is InChI=1S/C15H25FN2O/c1-4-12(2)18(9-10-19-3)15-6-5-14(16)11-13(15)7-8-17/h5-6,11-12H,4,7-10,17H2,1-3H3. The first-order chi connectivity index (χ1) is 9.13. The van der Waals surface area contributed by atoms with Crippen molar-refractivity contribution in [1.82, 2.24) is 0 Å². The van der Waals surface area contributed by atoms with Crippen LogP contribution in [0.4, 0.5) is 10.1 Å². The molecule has 4 heteroatoms. The van der Waals surface area contributed by atoms with Crippen LogP contribution >= 0.6 is 0 Å². The number of anilines is 1. The van der Waals surface area contributed by atoms with Gasteiger partial charge in [0.05, 0.1) is 6.61 Å². The number of hydrogen-bond donors (Lipinski definition) is 1. The summed E-state index contributed by atoms with van der Waals surface area (Å²) in [6.45, 7) is 6.30. The topological polar surface area (TPSA) is 38.5 Å². The van der Waals surface area contributed by atoms with Crippen molar-refractivity contribution in [2.75, 3.05) is 31.7 Å². The molecule has 0 amide bonds. The zero-order valence-corrected chi connectivity index (χ0v) is 12.2. The Morgan fingerprint density at radius 2 is 2.16 bits per heavy atom. The van der Waals surface area contributed by atoms with Gasteiger partial charge in [0.1, 0.15) is 5.82 Å². The van der Waals surface area contributed by atoms with Gasteiger partial charge in [0, 0.05) is 25.4 Å². The molecule has 0 aliphatic heterocycles. The summed E-state index contributed by atoms with van der Waals surface area (Å²) in [6.07, 6.45) is 1.72. The van der Waals surface area contributed by atoms with Crippen molar-refractivity contribution in [2.24, 2.45) is 5.73 Å². The van der Waals surface area contributed by atoms with Gasteiger partial charge in [0.2, 0.25) is 0 Å². The quantitative estimate of drug-likeness (QED) is 0.787. The first kappa shape index (κ1) is 15.9. The van der Waals surface area contributed by atoms with Gasteiger partial charge in [-0.15, -0.1) is 0 Å². The minimum Gasteiger partial charge on any atom is -0.383 e. The molecule has 0 bridgehead atoms. The van der Waals surface area contributed by atoms with Crippen molar-refractivity contribution in [2.45, 2.75) is 32.7 Å². The van der Waals surface area contributed by atoms with Gasteiger partial charge in [0.25, 0.3) is 0 Å². The highest BCUT2D eigenvalue weighted by Gasteiger charge is 2.16. The Balaban J connectivity index is 3.05. The molecule has 0 saturated heterocycles. The molecule has 1 aromatic carbocycles. The number of nitrogens with two attached hydrogens (primary N) is 1. The minimum absolute atomic E-state index is 0.206. The van der Waals surface area contributed by atoms with Crippen LogP contribution < -0.4 is 10.6 Å². The molecule has 0 spiro atoms. The second kappa shape index (κ2) is 8.12. The summed E-state index contributed by atoms with van der Waals surface area (Å²) in [6, 6.07) is 5.33. The van der Waals surface area contributed by atoms with Gasteiger partial charge >= 0.3 is 0 Å². The number of hydrogen-bond acceptors (Lipinski definition) is 3. The molecule has 0 radical (unpaired) electrons. The summed E-state index contributed by atoms with van der Waals surface area (Å²) in [5.74, 6) is -0.206. The third kappa shape index (κ3) is 4.48. The number of methoxy groups -OCH3 is 1. The number of nitrogens with zero attached hydrogens (tertiary/aromatic N) is 1. The molecule has 0 aromatic heterocycles. The molecule has 1 aromatic rings. The van der Waals surface area contributed by atoms with E-state index in [2.05, 4.69) is 18.7 Å². The average Bonchev–Trinajstić information content (AvgIpc) is 2.41. The van der Waals surface area contributed by atoms with Gasteiger partial charge in [-0.25, -0.2) is 4.39 Å². The molecule has 0 aliphatic rings. The van der Waals surface area contributed by atoms with E-state index in [-0.39, 0.29) is 5.82 Å². The van der Waals surface area contributed by atoms with E-state index < -0.39 is 0 Å². The lowest BCUT2D eigenvalue weighted by Gasteiger charge is -2.32. The molecule has 1 unspecified atom stereocenters. The zero-order valence-electron chi connectivity index (χ0n) is 12.2. The SMILES string of the molecule is CCC(C)N(CCOC)c1ccc(F)cc1CCN. The summed E-state index contributed by atoms with van der Waals surface area (Å²) >= 11 is 0. The van der Waals surface area contributed by atoms with Crippen LogP contribution in [-0.4, -0.2) is 32.8 Å². The normalized spacial score (nSPS) is 12.5. The Hall–Kier alpha value is -1.13. The van der Waals surface area contributed by atoms with Crippen LogP contribution in [0.5, 0.6) is 0 Å². The van der Waals surface area contributed by atoms with Gasteiger partial charge in [-0.2, -0.15) is 0 Å². The van der Waals surface area contributed by atoms with E-state index in [0.29, 0.717) is 25.6 Å². The summed E-state index contributed by atoms with van der Waals surface area (Å²) in [7, 11) is 1.69. The van der Waals surface area contributed by atoms with Crippen LogP contribution in [0, 0.1) is 5.82 Å². The summed E-state index contributed by atoms with van der Waals surface area (Å²) in [4.78, 5) is 2.27. The van der Waals surface area contributed by atoms with E-state index in [9.17, 15) is 4.39 Å². The number of halogens is 1. The average molecular weight is 268 g/mol. The second-order valence-corrected chi connectivity index (χ2v) is 4.76. The minimum atomic E-state index is -0.206. The molecular formula is C15H25FN2O. The van der Waals surface area contributed by atoms with Crippen molar-refractivity contribution in [3.63, 3.8) is 0 Å². The van der Waals surface area contributed by atoms with E-state index in [4.69, 9.17) is 10.5 Å². The predicted octanol–water partition coefficient (Wildman–Crippen LogP) is 2.58. The molecule has 19 heavy (non-hydrogen) atoms. The Morgan fingerprint density at radius 3 is 2.74 bits per heavy atom. The first-order valence-corrected chi connectivity index (χ1v) is 6.88. The highest BCUT2D eigenvalue weighted by molar-refractivity contribution is 5.54. The fourth-order valence-corrected chi connectivity index (χ4v) is 2.18. The molecule has 108 valence electrons. The fourth-order valence-electron chi connectivity index (χ4n) is 2.18. The van der Waals surface area contributed by atoms with Gasteiger partial charge < -0.3 is 15.4 Å². The van der Waals surface area contributed by atoms with Crippen molar-refractivity contribution in [1.29, 1.82) is 0 Å². The molecule has 3 nitrogen and oxygen atoms in total. The Labute approximate surface area is 115 Å². The number of rotatable bonds is 8. The maximum atomic E-state index is 13.4. The molecule has 1 atom stereocenters. The molecule has 0 aliphatic carbocycles. The Kier molecular flexibility index (Phi) is 6.81. The van der Waals surface area contributed by atoms with Gasteiger partial charge in [-0.3, -0.25) is 0 Å². The lowest BCUT2D eigenvalue weighted by Crippen LogP contribution is -2.36. The van der Waals surface area contributed by atoms with Crippen LogP contribution in [0.2, 0.25) is 0 Å². The maximum absolute atomic E-state index is 13.4. The van der Waals surface area contributed by atoms with Crippen molar-refractivity contribution in [3.8, 4) is 0 Å². The third-order valence-electron chi connectivity index (χ3n) is 3.42. The lowest BCUT2D eigenvalue weighted by atomic mass is 10.1. The Morgan fingerprint density at radius 1 is 1.42 bits per heavy atom. The van der Waals surface area contributed by atoms with E-state index in [1.807, 2.05) is 6.07 Å². The highest BCUT2D eigenvalue weighted by atomic mass is 19.1. The van der Waals surface area contributed by atoms with E-state index in [1.54, 1.807) is 13.2 Å². The molecule has 2 N–H and O–H groups in total. The molecule has 0 heterocycles. The van der Waals surface area contributed by atoms with Crippen LogP contribution in [0.15, 0.2) is 18.2 Å². The predicted molar refractivity (Wildman–Crippen MR) is 78.1 cm³/mol. The van der Waals surface area contributed by atoms with Gasteiger partial charge in [-0.1, -0.05) is 6.92 Å². The second-order valence-electron chi connectivity index (χ2n) is 4.76. The van der Waals surface area contributed by atoms with E-state index in [0.717, 1.165) is 24.2 Å². The molecular weight excluding hydrogens is 243 g/mol.